The molecule has 3 aromatic rings. The molecule has 2 amide bonds. The molecule has 9 nitrogen and oxygen atoms in total. The maximum Gasteiger partial charge on any atom is 0.283 e. The first kappa shape index (κ1) is 20.4. The molecule has 0 radical (unpaired) electrons. The smallest absolute Gasteiger partial charge is 0.283 e. The van der Waals surface area contributed by atoms with Gasteiger partial charge in [0, 0.05) is 11.9 Å². The number of hydrogen-bond acceptors (Lipinski definition) is 6. The normalized spacial score (nSPS) is 15.3. The minimum Gasteiger partial charge on any atom is -0.493 e. The third-order valence-corrected chi connectivity index (χ3v) is 4.84. The van der Waals surface area contributed by atoms with Crippen molar-refractivity contribution in [2.45, 2.75) is 26.0 Å². The van der Waals surface area contributed by atoms with Gasteiger partial charge in [0.2, 0.25) is 12.0 Å². The summed E-state index contributed by atoms with van der Waals surface area (Å²) < 4.78 is 12.8. The summed E-state index contributed by atoms with van der Waals surface area (Å²) in [5.74, 6) is -0.148. The van der Waals surface area contributed by atoms with E-state index in [1.165, 1.54) is 0 Å². The molecule has 0 aliphatic carbocycles. The van der Waals surface area contributed by atoms with Crippen LogP contribution in [-0.4, -0.2) is 40.7 Å². The lowest BCUT2D eigenvalue weighted by atomic mass is 10.2. The largest absolute Gasteiger partial charge is 0.493 e. The monoisotopic (exact) mass is 422 g/mol. The van der Waals surface area contributed by atoms with Gasteiger partial charge < -0.3 is 24.5 Å². The molecule has 1 atom stereocenters. The predicted octanol–water partition coefficient (Wildman–Crippen LogP) is 3.32. The molecule has 2 aromatic carbocycles. The van der Waals surface area contributed by atoms with E-state index in [1.54, 1.807) is 28.8 Å². The number of carbonyl (C=O) groups is 2. The van der Waals surface area contributed by atoms with Gasteiger partial charge in [-0.05, 0) is 24.6 Å². The average molecular weight is 422 g/mol. The third kappa shape index (κ3) is 4.20. The number of aryl methyl sites for hydroxylation is 1. The quantitative estimate of drug-likeness (QED) is 0.592. The van der Waals surface area contributed by atoms with E-state index in [4.69, 9.17) is 9.47 Å². The molecule has 0 saturated heterocycles. The molecule has 9 heteroatoms. The van der Waals surface area contributed by atoms with Crippen LogP contribution in [0.5, 0.6) is 17.4 Å². The molecule has 0 saturated carbocycles. The molecule has 0 fully saturated rings. The van der Waals surface area contributed by atoms with Gasteiger partial charge in [-0.2, -0.15) is 0 Å². The van der Waals surface area contributed by atoms with E-state index in [0.717, 1.165) is 11.9 Å². The van der Waals surface area contributed by atoms with Crippen LogP contribution in [0.3, 0.4) is 0 Å². The molecule has 2 heterocycles. The summed E-state index contributed by atoms with van der Waals surface area (Å²) in [5, 5.41) is 21.3. The number of hydrogen-bond donors (Lipinski definition) is 2. The summed E-state index contributed by atoms with van der Waals surface area (Å²) >= 11 is 0. The maximum atomic E-state index is 12.3. The minimum atomic E-state index is -0.865. The van der Waals surface area contributed by atoms with Crippen LogP contribution in [0.15, 0.2) is 58.8 Å². The van der Waals surface area contributed by atoms with E-state index < -0.39 is 17.9 Å². The van der Waals surface area contributed by atoms with Crippen molar-refractivity contribution in [1.29, 1.82) is 0 Å². The first-order valence-electron chi connectivity index (χ1n) is 9.99. The van der Waals surface area contributed by atoms with Crippen LogP contribution in [0.2, 0.25) is 0 Å². The van der Waals surface area contributed by atoms with Gasteiger partial charge >= 0.3 is 0 Å². The molecule has 31 heavy (non-hydrogen) atoms. The van der Waals surface area contributed by atoms with Crippen molar-refractivity contribution in [2.24, 2.45) is 10.2 Å². The molecule has 4 rings (SSSR count). The summed E-state index contributed by atoms with van der Waals surface area (Å²) in [7, 11) is 0. The lowest BCUT2D eigenvalue weighted by Crippen LogP contribution is -2.45. The number of aromatic hydroxyl groups is 1. The van der Waals surface area contributed by atoms with Crippen LogP contribution in [-0.2, 0) is 16.1 Å². The van der Waals surface area contributed by atoms with Crippen molar-refractivity contribution >= 4 is 28.4 Å². The molecule has 2 N–H and O–H groups in total. The van der Waals surface area contributed by atoms with Gasteiger partial charge in [-0.1, -0.05) is 37.3 Å². The number of fused-ring (bicyclic) bond motifs is 2. The molecule has 1 aliphatic rings. The van der Waals surface area contributed by atoms with E-state index in [2.05, 4.69) is 15.5 Å². The maximum absolute atomic E-state index is 12.3. The third-order valence-electron chi connectivity index (χ3n) is 4.84. The van der Waals surface area contributed by atoms with Crippen LogP contribution < -0.4 is 14.8 Å². The fourth-order valence-electron chi connectivity index (χ4n) is 3.39. The Morgan fingerprint density at radius 2 is 1.90 bits per heavy atom. The first-order valence-corrected chi connectivity index (χ1v) is 9.99. The van der Waals surface area contributed by atoms with E-state index in [-0.39, 0.29) is 24.7 Å². The highest BCUT2D eigenvalue weighted by atomic mass is 16.6. The topological polar surface area (TPSA) is 115 Å². The second kappa shape index (κ2) is 8.86. The zero-order chi connectivity index (χ0) is 21.8. The highest BCUT2D eigenvalue weighted by molar-refractivity contribution is 5.95. The van der Waals surface area contributed by atoms with Gasteiger partial charge in [-0.3, -0.25) is 9.59 Å². The second-order valence-corrected chi connectivity index (χ2v) is 7.02. The van der Waals surface area contributed by atoms with E-state index in [9.17, 15) is 14.7 Å². The lowest BCUT2D eigenvalue weighted by molar-refractivity contribution is -0.132. The molecular formula is C22H22N4O5. The summed E-state index contributed by atoms with van der Waals surface area (Å²) in [6, 6.07) is 14.4. The zero-order valence-electron chi connectivity index (χ0n) is 16.9. The van der Waals surface area contributed by atoms with Crippen LogP contribution in [0, 0.1) is 0 Å². The fourth-order valence-corrected chi connectivity index (χ4v) is 3.39. The molecular weight excluding hydrogens is 400 g/mol. The van der Waals surface area contributed by atoms with Gasteiger partial charge in [0.25, 0.3) is 11.8 Å². The van der Waals surface area contributed by atoms with Gasteiger partial charge in [0.1, 0.15) is 13.2 Å². The number of amides is 2. The van der Waals surface area contributed by atoms with E-state index in [1.807, 2.05) is 31.2 Å². The van der Waals surface area contributed by atoms with Gasteiger partial charge in [-0.15, -0.1) is 10.2 Å². The Hall–Kier alpha value is -3.88. The number of para-hydroxylation sites is 3. The Labute approximate surface area is 178 Å². The molecule has 0 spiro atoms. The number of rotatable bonds is 6. The van der Waals surface area contributed by atoms with Crippen molar-refractivity contribution in [3.05, 3.63) is 48.5 Å². The summed E-state index contributed by atoms with van der Waals surface area (Å²) in [6.07, 6.45) is -0.0405. The number of nitrogens with one attached hydrogen (secondary N) is 1. The highest BCUT2D eigenvalue weighted by Gasteiger charge is 2.27. The van der Waals surface area contributed by atoms with Crippen molar-refractivity contribution in [2.75, 3.05) is 13.2 Å². The Morgan fingerprint density at radius 1 is 1.16 bits per heavy atom. The van der Waals surface area contributed by atoms with Crippen LogP contribution in [0.4, 0.5) is 5.69 Å². The Morgan fingerprint density at radius 3 is 2.71 bits per heavy atom. The summed E-state index contributed by atoms with van der Waals surface area (Å²) in [6.45, 7) is 2.31. The van der Waals surface area contributed by atoms with Crippen molar-refractivity contribution in [3.8, 4) is 17.4 Å². The van der Waals surface area contributed by atoms with Gasteiger partial charge in [0.05, 0.1) is 5.52 Å². The van der Waals surface area contributed by atoms with Crippen molar-refractivity contribution < 1.29 is 24.2 Å². The standard InChI is InChI=1S/C22H22N4O5/c1-2-11-26-15-8-4-3-7-14(15)20(22(26)29)25-24-19(27)12-23-21(28)18-13-30-16-9-5-6-10-17(16)31-18/h3-10,18,29H,2,11-13H2,1H3,(H,23,28)/t18-/m1/s1. The molecule has 0 bridgehead atoms. The summed E-state index contributed by atoms with van der Waals surface area (Å²) in [4.78, 5) is 24.5. The molecule has 0 unspecified atom stereocenters. The Bertz CT molecular complexity index is 1150. The van der Waals surface area contributed by atoms with Crippen LogP contribution >= 0.6 is 0 Å². The number of benzene rings is 2. The number of carbonyl (C=O) groups excluding carboxylic acids is 2. The number of ether oxygens (including phenoxy) is 2. The first-order chi connectivity index (χ1) is 15.1. The summed E-state index contributed by atoms with van der Waals surface area (Å²) in [5.41, 5.74) is 1.04. The van der Waals surface area contributed by atoms with Crippen LogP contribution in [0.1, 0.15) is 13.3 Å². The van der Waals surface area contributed by atoms with Crippen molar-refractivity contribution in [1.82, 2.24) is 9.88 Å². The van der Waals surface area contributed by atoms with E-state index in [0.29, 0.717) is 23.4 Å². The SMILES string of the molecule is CCCn1c(O)c(N=NC(=O)CNC(=O)[C@H]2COc3ccccc3O2)c2ccccc21. The average Bonchev–Trinajstić information content (AvgIpc) is 3.07. The van der Waals surface area contributed by atoms with E-state index >= 15 is 0 Å². The highest BCUT2D eigenvalue weighted by Crippen LogP contribution is 2.38. The fraction of sp³-hybridized carbons (Fsp3) is 0.273. The Kier molecular flexibility index (Phi) is 5.83. The number of nitrogens with zero attached hydrogens (tertiary/aromatic N) is 3. The zero-order valence-corrected chi connectivity index (χ0v) is 16.9. The van der Waals surface area contributed by atoms with Gasteiger partial charge in [-0.25, -0.2) is 0 Å². The van der Waals surface area contributed by atoms with Crippen molar-refractivity contribution in [3.63, 3.8) is 0 Å². The minimum absolute atomic E-state index is 0.0450. The molecule has 160 valence electrons. The lowest BCUT2D eigenvalue weighted by Gasteiger charge is -2.25. The number of aromatic nitrogens is 1. The predicted molar refractivity (Wildman–Crippen MR) is 113 cm³/mol. The number of azo groups is 1. The molecule has 1 aromatic heterocycles. The van der Waals surface area contributed by atoms with Crippen LogP contribution in [0.25, 0.3) is 10.9 Å². The van der Waals surface area contributed by atoms with Gasteiger partial charge in [0.15, 0.2) is 17.2 Å². The Balaban J connectivity index is 1.39. The second-order valence-electron chi connectivity index (χ2n) is 7.02. The molecule has 1 aliphatic heterocycles.